The molecule has 7 nitrogen and oxygen atoms in total. The van der Waals surface area contributed by atoms with Crippen molar-refractivity contribution in [3.8, 4) is 0 Å². The molecule has 98 valence electrons. The van der Waals surface area contributed by atoms with Crippen LogP contribution in [0.25, 0.3) is 0 Å². The maximum Gasteiger partial charge on any atom is 0.237 e. The van der Waals surface area contributed by atoms with Gasteiger partial charge in [-0.3, -0.25) is 9.69 Å². The highest BCUT2D eigenvalue weighted by Crippen LogP contribution is 2.34. The molecule has 7 heteroatoms. The average Bonchev–Trinajstić information content (AvgIpc) is 2.95. The van der Waals surface area contributed by atoms with E-state index in [0.717, 1.165) is 38.1 Å². The quantitative estimate of drug-likeness (QED) is 0.795. The van der Waals surface area contributed by atoms with Crippen molar-refractivity contribution in [2.24, 2.45) is 0 Å². The van der Waals surface area contributed by atoms with Gasteiger partial charge in [-0.15, -0.1) is 5.10 Å². The number of hydrogen-bond donors (Lipinski definition) is 1. The highest BCUT2D eigenvalue weighted by molar-refractivity contribution is 5.81. The third-order valence-corrected chi connectivity index (χ3v) is 3.71. The van der Waals surface area contributed by atoms with Crippen LogP contribution in [0.1, 0.15) is 37.5 Å². The fourth-order valence-corrected chi connectivity index (χ4v) is 2.58. The number of likely N-dealkylation sites (N-methyl/N-ethyl adjacent to an activating group) is 1. The van der Waals surface area contributed by atoms with Crippen LogP contribution in [0.5, 0.6) is 0 Å². The van der Waals surface area contributed by atoms with E-state index in [1.165, 1.54) is 0 Å². The van der Waals surface area contributed by atoms with Gasteiger partial charge in [0.25, 0.3) is 0 Å². The molecule has 18 heavy (non-hydrogen) atoms. The summed E-state index contributed by atoms with van der Waals surface area (Å²) in [5.41, 5.74) is 0. The Morgan fingerprint density at radius 3 is 3.00 bits per heavy atom. The highest BCUT2D eigenvalue weighted by atomic mass is 16.2. The van der Waals surface area contributed by atoms with E-state index < -0.39 is 0 Å². The Bertz CT molecular complexity index is 440. The predicted octanol–water partition coefficient (Wildman–Crippen LogP) is -0.282. The lowest BCUT2D eigenvalue weighted by atomic mass is 10.2. The number of likely N-dealkylation sites (tertiary alicyclic amines) is 1. The van der Waals surface area contributed by atoms with Crippen molar-refractivity contribution in [1.29, 1.82) is 0 Å². The zero-order valence-electron chi connectivity index (χ0n) is 10.5. The number of hydrogen-bond acceptors (Lipinski definition) is 5. The van der Waals surface area contributed by atoms with Crippen LogP contribution in [-0.4, -0.2) is 50.6 Å². The molecular formula is C11H18N6O. The molecule has 2 fully saturated rings. The minimum atomic E-state index is -0.0284. The summed E-state index contributed by atoms with van der Waals surface area (Å²) in [6.07, 6.45) is 4.31. The Morgan fingerprint density at radius 2 is 2.28 bits per heavy atom. The lowest BCUT2D eigenvalue weighted by Crippen LogP contribution is -2.41. The number of nitrogens with zero attached hydrogens (tertiary/aromatic N) is 5. The second-order valence-electron chi connectivity index (χ2n) is 5.01. The molecule has 0 bridgehead atoms. The van der Waals surface area contributed by atoms with Gasteiger partial charge in [0, 0.05) is 7.05 Å². The normalized spacial score (nSPS) is 24.4. The van der Waals surface area contributed by atoms with E-state index in [1.54, 1.807) is 7.05 Å². The van der Waals surface area contributed by atoms with Crippen molar-refractivity contribution >= 4 is 5.91 Å². The molecule has 2 aliphatic rings. The van der Waals surface area contributed by atoms with Gasteiger partial charge in [-0.25, -0.2) is 4.68 Å². The summed E-state index contributed by atoms with van der Waals surface area (Å²) in [5, 5.41) is 14.6. The first-order valence-corrected chi connectivity index (χ1v) is 6.52. The van der Waals surface area contributed by atoms with Gasteiger partial charge in [0.05, 0.1) is 18.6 Å². The summed E-state index contributed by atoms with van der Waals surface area (Å²) in [6, 6.07) is 0.454. The maximum atomic E-state index is 11.8. The van der Waals surface area contributed by atoms with Crippen molar-refractivity contribution in [2.75, 3.05) is 13.6 Å². The standard InChI is InChI=1S/C11H18N6O/c1-12-11(18)9-3-2-6-16(9)7-10-13-14-15-17(10)8-4-5-8/h8-9H,2-7H2,1H3,(H,12,18). The van der Waals surface area contributed by atoms with E-state index >= 15 is 0 Å². The van der Waals surface area contributed by atoms with Crippen molar-refractivity contribution in [3.05, 3.63) is 5.82 Å². The number of rotatable bonds is 4. The van der Waals surface area contributed by atoms with Gasteiger partial charge >= 0.3 is 0 Å². The first kappa shape index (κ1) is 11.6. The largest absolute Gasteiger partial charge is 0.358 e. The summed E-state index contributed by atoms with van der Waals surface area (Å²) in [4.78, 5) is 13.9. The van der Waals surface area contributed by atoms with E-state index in [-0.39, 0.29) is 11.9 Å². The van der Waals surface area contributed by atoms with Crippen LogP contribution in [0.15, 0.2) is 0 Å². The van der Waals surface area contributed by atoms with Crippen molar-refractivity contribution in [3.63, 3.8) is 0 Å². The van der Waals surface area contributed by atoms with Crippen LogP contribution in [0.3, 0.4) is 0 Å². The lowest BCUT2D eigenvalue weighted by Gasteiger charge is -2.22. The highest BCUT2D eigenvalue weighted by Gasteiger charge is 2.33. The van der Waals surface area contributed by atoms with Gasteiger partial charge in [0.15, 0.2) is 5.82 Å². The molecule has 1 aromatic heterocycles. The van der Waals surface area contributed by atoms with Gasteiger partial charge in [0.2, 0.25) is 5.91 Å². The molecule has 2 heterocycles. The molecule has 1 saturated carbocycles. The van der Waals surface area contributed by atoms with E-state index in [4.69, 9.17) is 0 Å². The molecule has 1 aliphatic heterocycles. The van der Waals surface area contributed by atoms with Crippen molar-refractivity contribution < 1.29 is 4.79 Å². The number of carbonyl (C=O) groups excluding carboxylic acids is 1. The summed E-state index contributed by atoms with van der Waals surface area (Å²) in [5.74, 6) is 0.978. The topological polar surface area (TPSA) is 75.9 Å². The monoisotopic (exact) mass is 250 g/mol. The SMILES string of the molecule is CNC(=O)C1CCCN1Cc1nnnn1C1CC1. The first-order valence-electron chi connectivity index (χ1n) is 6.52. The zero-order valence-corrected chi connectivity index (χ0v) is 10.5. The van der Waals surface area contributed by atoms with E-state index in [1.807, 2.05) is 4.68 Å². The van der Waals surface area contributed by atoms with Crippen LogP contribution >= 0.6 is 0 Å². The summed E-state index contributed by atoms with van der Waals surface area (Å²) in [7, 11) is 1.69. The lowest BCUT2D eigenvalue weighted by molar-refractivity contribution is -0.125. The van der Waals surface area contributed by atoms with Gasteiger partial charge in [-0.05, 0) is 42.7 Å². The Balaban J connectivity index is 1.71. The molecule has 0 aromatic carbocycles. The fraction of sp³-hybridized carbons (Fsp3) is 0.818. The molecule has 1 atom stereocenters. The fourth-order valence-electron chi connectivity index (χ4n) is 2.58. The number of aromatic nitrogens is 4. The van der Waals surface area contributed by atoms with Crippen LogP contribution in [0.4, 0.5) is 0 Å². The third-order valence-electron chi connectivity index (χ3n) is 3.71. The maximum absolute atomic E-state index is 11.8. The Kier molecular flexibility index (Phi) is 2.99. The van der Waals surface area contributed by atoms with Crippen LogP contribution in [0, 0.1) is 0 Å². The molecule has 1 amide bonds. The van der Waals surface area contributed by atoms with E-state index in [0.29, 0.717) is 12.6 Å². The second kappa shape index (κ2) is 4.64. The summed E-state index contributed by atoms with van der Waals surface area (Å²) in [6.45, 7) is 1.61. The summed E-state index contributed by atoms with van der Waals surface area (Å²) < 4.78 is 1.92. The van der Waals surface area contributed by atoms with E-state index in [9.17, 15) is 4.79 Å². The number of tetrazole rings is 1. The molecule has 1 aliphatic carbocycles. The third kappa shape index (κ3) is 2.10. The van der Waals surface area contributed by atoms with Crippen LogP contribution in [-0.2, 0) is 11.3 Å². The first-order chi connectivity index (χ1) is 8.79. The molecule has 0 radical (unpaired) electrons. The van der Waals surface area contributed by atoms with Gasteiger partial charge in [-0.1, -0.05) is 0 Å². The van der Waals surface area contributed by atoms with E-state index in [2.05, 4.69) is 25.7 Å². The van der Waals surface area contributed by atoms with Crippen LogP contribution in [0.2, 0.25) is 0 Å². The smallest absolute Gasteiger partial charge is 0.237 e. The molecule has 1 saturated heterocycles. The minimum Gasteiger partial charge on any atom is -0.358 e. The van der Waals surface area contributed by atoms with Crippen LogP contribution < -0.4 is 5.32 Å². The Labute approximate surface area is 106 Å². The zero-order chi connectivity index (χ0) is 12.5. The van der Waals surface area contributed by atoms with Gasteiger partial charge < -0.3 is 5.32 Å². The molecule has 1 N–H and O–H groups in total. The molecule has 3 rings (SSSR count). The summed E-state index contributed by atoms with van der Waals surface area (Å²) >= 11 is 0. The van der Waals surface area contributed by atoms with Gasteiger partial charge in [-0.2, -0.15) is 0 Å². The van der Waals surface area contributed by atoms with Gasteiger partial charge in [0.1, 0.15) is 0 Å². The number of amides is 1. The Hall–Kier alpha value is -1.50. The van der Waals surface area contributed by atoms with Crippen molar-refractivity contribution in [2.45, 2.75) is 44.3 Å². The number of nitrogens with one attached hydrogen (secondary N) is 1. The minimum absolute atomic E-state index is 0.0284. The van der Waals surface area contributed by atoms with Crippen molar-refractivity contribution in [1.82, 2.24) is 30.4 Å². The Morgan fingerprint density at radius 1 is 1.44 bits per heavy atom. The predicted molar refractivity (Wildman–Crippen MR) is 63.6 cm³/mol. The average molecular weight is 250 g/mol. The molecule has 0 spiro atoms. The molecular weight excluding hydrogens is 232 g/mol. The second-order valence-corrected chi connectivity index (χ2v) is 5.01. The molecule has 1 unspecified atom stereocenters. The molecule has 1 aromatic rings. The number of carbonyl (C=O) groups is 1.